The molecule has 114 valence electrons. The standard InChI is InChI=1S/C15H20N2O2S2/c1-12-7-9-13(10-8-12)21(18,19)17-14-5-3-2-4-6-15(14)20-11-16/h7-10,14-15,17H,2-6H2,1H3/t14-,15-/m1/s1. The van der Waals surface area contributed by atoms with E-state index in [-0.39, 0.29) is 16.2 Å². The van der Waals surface area contributed by atoms with Gasteiger partial charge in [-0.25, -0.2) is 13.1 Å². The van der Waals surface area contributed by atoms with Crippen molar-refractivity contribution in [1.29, 1.82) is 5.26 Å². The van der Waals surface area contributed by atoms with E-state index in [1.54, 1.807) is 24.3 Å². The highest BCUT2D eigenvalue weighted by atomic mass is 32.2. The smallest absolute Gasteiger partial charge is 0.207 e. The zero-order chi connectivity index (χ0) is 15.3. The first-order valence-electron chi connectivity index (χ1n) is 7.16. The third-order valence-electron chi connectivity index (χ3n) is 3.79. The molecule has 0 amide bonds. The van der Waals surface area contributed by atoms with Gasteiger partial charge in [0.1, 0.15) is 5.40 Å². The summed E-state index contributed by atoms with van der Waals surface area (Å²) in [6, 6.07) is 6.68. The molecule has 1 aliphatic rings. The Kier molecular flexibility index (Phi) is 5.68. The van der Waals surface area contributed by atoms with Gasteiger partial charge in [0, 0.05) is 11.3 Å². The van der Waals surface area contributed by atoms with Gasteiger partial charge in [0.2, 0.25) is 10.0 Å². The van der Waals surface area contributed by atoms with Crippen LogP contribution >= 0.6 is 11.8 Å². The minimum Gasteiger partial charge on any atom is -0.207 e. The van der Waals surface area contributed by atoms with E-state index in [1.807, 2.05) is 6.92 Å². The normalized spacial score (nSPS) is 23.2. The lowest BCUT2D eigenvalue weighted by atomic mass is 10.1. The van der Waals surface area contributed by atoms with Crippen LogP contribution in [0.5, 0.6) is 0 Å². The van der Waals surface area contributed by atoms with Crippen molar-refractivity contribution in [2.24, 2.45) is 0 Å². The van der Waals surface area contributed by atoms with Crippen molar-refractivity contribution in [3.63, 3.8) is 0 Å². The van der Waals surface area contributed by atoms with Gasteiger partial charge in [0.05, 0.1) is 4.90 Å². The summed E-state index contributed by atoms with van der Waals surface area (Å²) >= 11 is 1.19. The van der Waals surface area contributed by atoms with Crippen LogP contribution < -0.4 is 4.72 Å². The summed E-state index contributed by atoms with van der Waals surface area (Å²) in [6.07, 6.45) is 4.85. The SMILES string of the molecule is Cc1ccc(S(=O)(=O)N[C@@H]2CCCCC[C@H]2SC#N)cc1. The summed E-state index contributed by atoms with van der Waals surface area (Å²) in [6.45, 7) is 1.93. The van der Waals surface area contributed by atoms with E-state index in [2.05, 4.69) is 10.1 Å². The highest BCUT2D eigenvalue weighted by Gasteiger charge is 2.28. The molecule has 1 aliphatic carbocycles. The van der Waals surface area contributed by atoms with Crippen molar-refractivity contribution < 1.29 is 8.42 Å². The number of nitriles is 1. The van der Waals surface area contributed by atoms with Gasteiger partial charge in [0.25, 0.3) is 0 Å². The third-order valence-corrected chi connectivity index (χ3v) is 6.27. The molecule has 2 rings (SSSR count). The monoisotopic (exact) mass is 324 g/mol. The number of nitrogens with one attached hydrogen (secondary N) is 1. The Bertz CT molecular complexity index is 606. The van der Waals surface area contributed by atoms with Crippen LogP contribution in [0.15, 0.2) is 29.2 Å². The first-order chi connectivity index (χ1) is 10.0. The van der Waals surface area contributed by atoms with Crippen LogP contribution in [0, 0.1) is 17.6 Å². The number of thioether (sulfide) groups is 1. The van der Waals surface area contributed by atoms with Crippen molar-refractivity contribution in [3.8, 4) is 5.40 Å². The summed E-state index contributed by atoms with van der Waals surface area (Å²) in [5.41, 5.74) is 1.03. The topological polar surface area (TPSA) is 70.0 Å². The zero-order valence-corrected chi connectivity index (χ0v) is 13.7. The number of sulfonamides is 1. The maximum atomic E-state index is 12.5. The van der Waals surface area contributed by atoms with Gasteiger partial charge in [-0.15, -0.1) is 0 Å². The Morgan fingerprint density at radius 1 is 1.19 bits per heavy atom. The van der Waals surface area contributed by atoms with Gasteiger partial charge in [-0.05, 0) is 43.7 Å². The van der Waals surface area contributed by atoms with Crippen LogP contribution in [-0.4, -0.2) is 19.7 Å². The molecule has 1 N–H and O–H groups in total. The van der Waals surface area contributed by atoms with Crippen molar-refractivity contribution in [1.82, 2.24) is 4.72 Å². The lowest BCUT2D eigenvalue weighted by molar-refractivity contribution is 0.518. The molecule has 0 saturated heterocycles. The lowest BCUT2D eigenvalue weighted by Crippen LogP contribution is -2.41. The van der Waals surface area contributed by atoms with E-state index in [1.165, 1.54) is 11.8 Å². The molecule has 4 nitrogen and oxygen atoms in total. The largest absolute Gasteiger partial charge is 0.240 e. The molecule has 1 saturated carbocycles. The second kappa shape index (κ2) is 7.30. The number of thiocyanates is 1. The van der Waals surface area contributed by atoms with Crippen molar-refractivity contribution in [2.75, 3.05) is 0 Å². The van der Waals surface area contributed by atoms with Gasteiger partial charge >= 0.3 is 0 Å². The Morgan fingerprint density at radius 2 is 1.86 bits per heavy atom. The van der Waals surface area contributed by atoms with Crippen molar-refractivity contribution in [2.45, 2.75) is 55.2 Å². The van der Waals surface area contributed by atoms with E-state index in [0.717, 1.165) is 37.7 Å². The molecule has 0 radical (unpaired) electrons. The highest BCUT2D eigenvalue weighted by Crippen LogP contribution is 2.28. The Labute approximate surface area is 131 Å². The zero-order valence-electron chi connectivity index (χ0n) is 12.1. The number of rotatable bonds is 4. The van der Waals surface area contributed by atoms with Crippen LogP contribution in [0.25, 0.3) is 0 Å². The van der Waals surface area contributed by atoms with Gasteiger partial charge in [-0.3, -0.25) is 0 Å². The Morgan fingerprint density at radius 3 is 2.52 bits per heavy atom. The third kappa shape index (κ3) is 4.47. The summed E-state index contributed by atoms with van der Waals surface area (Å²) in [5, 5.41) is 11.1. The molecular weight excluding hydrogens is 304 g/mol. The fraction of sp³-hybridized carbons (Fsp3) is 0.533. The van der Waals surface area contributed by atoms with Crippen LogP contribution in [0.2, 0.25) is 0 Å². The second-order valence-electron chi connectivity index (χ2n) is 5.43. The van der Waals surface area contributed by atoms with Crippen LogP contribution in [0.4, 0.5) is 0 Å². The first kappa shape index (κ1) is 16.3. The van der Waals surface area contributed by atoms with E-state index in [4.69, 9.17) is 5.26 Å². The minimum atomic E-state index is -3.52. The molecule has 2 atom stereocenters. The molecule has 1 aromatic carbocycles. The molecular formula is C15H20N2O2S2. The molecule has 0 aromatic heterocycles. The Hall–Kier alpha value is -1.03. The summed E-state index contributed by atoms with van der Waals surface area (Å²) < 4.78 is 27.7. The molecule has 0 spiro atoms. The quantitative estimate of drug-likeness (QED) is 0.682. The maximum absolute atomic E-state index is 12.5. The number of benzene rings is 1. The summed E-state index contributed by atoms with van der Waals surface area (Å²) in [5.74, 6) is 0. The molecule has 0 bridgehead atoms. The minimum absolute atomic E-state index is 0.0396. The van der Waals surface area contributed by atoms with Crippen molar-refractivity contribution in [3.05, 3.63) is 29.8 Å². The fourth-order valence-corrected chi connectivity index (χ4v) is 4.79. The fourth-order valence-electron chi connectivity index (χ4n) is 2.60. The average Bonchev–Trinajstić information content (AvgIpc) is 2.65. The first-order valence-corrected chi connectivity index (χ1v) is 9.53. The molecule has 0 aliphatic heterocycles. The number of aryl methyl sites for hydroxylation is 1. The van der Waals surface area contributed by atoms with E-state index >= 15 is 0 Å². The van der Waals surface area contributed by atoms with Gasteiger partial charge in [-0.2, -0.15) is 5.26 Å². The average molecular weight is 324 g/mol. The summed E-state index contributed by atoms with van der Waals surface area (Å²) in [4.78, 5) is 0.290. The lowest BCUT2D eigenvalue weighted by Gasteiger charge is -2.23. The van der Waals surface area contributed by atoms with Crippen LogP contribution in [0.1, 0.15) is 37.7 Å². The molecule has 1 fully saturated rings. The molecule has 0 unspecified atom stereocenters. The molecule has 6 heteroatoms. The predicted molar refractivity (Wildman–Crippen MR) is 85.4 cm³/mol. The van der Waals surface area contributed by atoms with Gasteiger partial charge < -0.3 is 0 Å². The maximum Gasteiger partial charge on any atom is 0.240 e. The Balaban J connectivity index is 2.16. The second-order valence-corrected chi connectivity index (χ2v) is 8.16. The number of hydrogen-bond donors (Lipinski definition) is 1. The molecule has 1 aromatic rings. The number of nitrogens with zero attached hydrogens (tertiary/aromatic N) is 1. The van der Waals surface area contributed by atoms with Crippen molar-refractivity contribution >= 4 is 21.8 Å². The summed E-state index contributed by atoms with van der Waals surface area (Å²) in [7, 11) is -3.52. The van der Waals surface area contributed by atoms with Crippen LogP contribution in [0.3, 0.4) is 0 Å². The number of hydrogen-bond acceptors (Lipinski definition) is 4. The molecule has 0 heterocycles. The highest BCUT2D eigenvalue weighted by molar-refractivity contribution is 8.04. The van der Waals surface area contributed by atoms with E-state index < -0.39 is 10.0 Å². The van der Waals surface area contributed by atoms with Gasteiger partial charge in [-0.1, -0.05) is 37.0 Å². The van der Waals surface area contributed by atoms with Crippen LogP contribution in [-0.2, 0) is 10.0 Å². The predicted octanol–water partition coefficient (Wildman–Crippen LogP) is 3.19. The molecule has 21 heavy (non-hydrogen) atoms. The van der Waals surface area contributed by atoms with Gasteiger partial charge in [0.15, 0.2) is 0 Å². The van der Waals surface area contributed by atoms with E-state index in [9.17, 15) is 8.42 Å². The van der Waals surface area contributed by atoms with E-state index in [0.29, 0.717) is 0 Å².